The van der Waals surface area contributed by atoms with E-state index in [0.717, 1.165) is 0 Å². The van der Waals surface area contributed by atoms with E-state index in [4.69, 9.17) is 5.11 Å². The molecule has 0 spiro atoms. The predicted molar refractivity (Wildman–Crippen MR) is 73.5 cm³/mol. The van der Waals surface area contributed by atoms with Crippen LogP contribution < -0.4 is 0 Å². The van der Waals surface area contributed by atoms with Crippen LogP contribution in [0.5, 0.6) is 0 Å². The first-order valence-electron chi connectivity index (χ1n) is 6.12. The van der Waals surface area contributed by atoms with Crippen molar-refractivity contribution in [3.8, 4) is 0 Å². The summed E-state index contributed by atoms with van der Waals surface area (Å²) >= 11 is 1.40. The molecular weight excluding hydrogens is 274 g/mol. The molecule has 0 radical (unpaired) electrons. The molecule has 2 atom stereocenters. The van der Waals surface area contributed by atoms with Crippen LogP contribution in [0.15, 0.2) is 0 Å². The first kappa shape index (κ1) is 15.8. The number of rotatable bonds is 6. The maximum Gasteiger partial charge on any atom is 0.232 e. The van der Waals surface area contributed by atoms with E-state index in [-0.39, 0.29) is 35.3 Å². The van der Waals surface area contributed by atoms with Gasteiger partial charge in [0.25, 0.3) is 0 Å². The highest BCUT2D eigenvalue weighted by molar-refractivity contribution is 8.00. The maximum absolute atomic E-state index is 12.0. The van der Waals surface area contributed by atoms with Crippen LogP contribution in [0, 0.1) is 0 Å². The normalized spacial score (nSPS) is 23.8. The van der Waals surface area contributed by atoms with Crippen molar-refractivity contribution in [2.75, 3.05) is 30.4 Å². The summed E-state index contributed by atoms with van der Waals surface area (Å²) in [5.41, 5.74) is 0. The molecule has 0 aromatic heterocycles. The first-order chi connectivity index (χ1) is 8.39. The van der Waals surface area contributed by atoms with Crippen LogP contribution in [-0.2, 0) is 14.6 Å². The smallest absolute Gasteiger partial charge is 0.232 e. The number of nitrogens with zero attached hydrogens (tertiary/aromatic N) is 1. The van der Waals surface area contributed by atoms with Gasteiger partial charge in [0.2, 0.25) is 5.91 Å². The number of carbonyl (C=O) groups is 1. The van der Waals surface area contributed by atoms with Crippen LogP contribution in [-0.4, -0.2) is 66.0 Å². The van der Waals surface area contributed by atoms with Gasteiger partial charge in [-0.25, -0.2) is 8.42 Å². The molecule has 7 heteroatoms. The van der Waals surface area contributed by atoms with Gasteiger partial charge >= 0.3 is 0 Å². The van der Waals surface area contributed by atoms with E-state index < -0.39 is 9.84 Å². The van der Waals surface area contributed by atoms with Crippen molar-refractivity contribution in [1.82, 2.24) is 4.90 Å². The average molecular weight is 295 g/mol. The molecule has 1 N–H and O–H groups in total. The van der Waals surface area contributed by atoms with Gasteiger partial charge in [0, 0.05) is 17.8 Å². The van der Waals surface area contributed by atoms with Gasteiger partial charge in [0.05, 0.1) is 23.9 Å². The van der Waals surface area contributed by atoms with Crippen molar-refractivity contribution in [3.63, 3.8) is 0 Å². The minimum absolute atomic E-state index is 0.0277. The van der Waals surface area contributed by atoms with Crippen molar-refractivity contribution in [3.05, 3.63) is 0 Å². The fourth-order valence-electron chi connectivity index (χ4n) is 2.01. The Hall–Kier alpha value is -0.270. The molecule has 5 nitrogen and oxygen atoms in total. The van der Waals surface area contributed by atoms with Crippen LogP contribution in [0.3, 0.4) is 0 Å². The van der Waals surface area contributed by atoms with Gasteiger partial charge in [0.1, 0.15) is 0 Å². The highest BCUT2D eigenvalue weighted by atomic mass is 32.2. The molecule has 18 heavy (non-hydrogen) atoms. The van der Waals surface area contributed by atoms with E-state index in [1.165, 1.54) is 11.8 Å². The zero-order valence-electron chi connectivity index (χ0n) is 10.8. The van der Waals surface area contributed by atoms with E-state index in [9.17, 15) is 13.2 Å². The van der Waals surface area contributed by atoms with E-state index in [0.29, 0.717) is 18.7 Å². The average Bonchev–Trinajstić information content (AvgIpc) is 2.67. The molecule has 1 rings (SSSR count). The lowest BCUT2D eigenvalue weighted by atomic mass is 10.2. The van der Waals surface area contributed by atoms with E-state index in [1.54, 1.807) is 4.90 Å². The Morgan fingerprint density at radius 3 is 2.67 bits per heavy atom. The topological polar surface area (TPSA) is 74.7 Å². The molecule has 2 unspecified atom stereocenters. The molecule has 1 aliphatic rings. The van der Waals surface area contributed by atoms with Crippen molar-refractivity contribution in [2.45, 2.75) is 31.6 Å². The van der Waals surface area contributed by atoms with Gasteiger partial charge in [-0.2, -0.15) is 0 Å². The molecule has 1 amide bonds. The molecule has 1 heterocycles. The lowest BCUT2D eigenvalue weighted by Gasteiger charge is -2.27. The van der Waals surface area contributed by atoms with E-state index in [2.05, 4.69) is 0 Å². The Labute approximate surface area is 113 Å². The highest BCUT2D eigenvalue weighted by Gasteiger charge is 2.33. The molecule has 0 aliphatic carbocycles. The first-order valence-corrected chi connectivity index (χ1v) is 8.99. The number of thioether (sulfide) groups is 1. The summed E-state index contributed by atoms with van der Waals surface area (Å²) in [6.07, 6.45) is 0.544. The molecule has 0 aromatic carbocycles. The molecule has 0 aromatic rings. The Balaban J connectivity index is 2.53. The Kier molecular flexibility index (Phi) is 5.94. The van der Waals surface area contributed by atoms with Crippen molar-refractivity contribution < 1.29 is 18.3 Å². The van der Waals surface area contributed by atoms with Crippen LogP contribution in [0.4, 0.5) is 0 Å². The largest absolute Gasteiger partial charge is 0.395 e. The summed E-state index contributed by atoms with van der Waals surface area (Å²) in [7, 11) is -2.96. The molecule has 1 fully saturated rings. The molecule has 1 aliphatic heterocycles. The van der Waals surface area contributed by atoms with E-state index in [1.807, 2.05) is 13.8 Å². The Morgan fingerprint density at radius 2 is 2.22 bits per heavy atom. The van der Waals surface area contributed by atoms with Crippen LogP contribution >= 0.6 is 11.8 Å². The summed E-state index contributed by atoms with van der Waals surface area (Å²) in [4.78, 5) is 13.7. The third kappa shape index (κ3) is 4.44. The Morgan fingerprint density at radius 1 is 1.56 bits per heavy atom. The molecule has 0 saturated carbocycles. The SMILES string of the molecule is CCN(C(=O)CSC(C)CO)C1CCS(=O)(=O)C1. The quantitative estimate of drug-likeness (QED) is 0.754. The van der Waals surface area contributed by atoms with Gasteiger partial charge in [0.15, 0.2) is 9.84 Å². The molecule has 1 saturated heterocycles. The van der Waals surface area contributed by atoms with Gasteiger partial charge in [-0.1, -0.05) is 6.92 Å². The lowest BCUT2D eigenvalue weighted by Crippen LogP contribution is -2.42. The van der Waals surface area contributed by atoms with Crippen LogP contribution in [0.1, 0.15) is 20.3 Å². The predicted octanol–water partition coefficient (Wildman–Crippen LogP) is 0.136. The standard InChI is InChI=1S/C11H21NO4S2/c1-3-12(10-4-5-18(15,16)8-10)11(14)7-17-9(2)6-13/h9-10,13H,3-8H2,1-2H3. The number of aliphatic hydroxyl groups is 1. The molecule has 106 valence electrons. The van der Waals surface area contributed by atoms with E-state index >= 15 is 0 Å². The second-order valence-electron chi connectivity index (χ2n) is 4.54. The van der Waals surface area contributed by atoms with Crippen LogP contribution in [0.25, 0.3) is 0 Å². The number of hydrogen-bond acceptors (Lipinski definition) is 5. The Bertz CT molecular complexity index is 383. The van der Waals surface area contributed by atoms with Gasteiger partial charge in [-0.15, -0.1) is 11.8 Å². The fourth-order valence-corrected chi connectivity index (χ4v) is 4.44. The van der Waals surface area contributed by atoms with Gasteiger partial charge in [-0.05, 0) is 13.3 Å². The maximum atomic E-state index is 12.0. The zero-order chi connectivity index (χ0) is 13.8. The zero-order valence-corrected chi connectivity index (χ0v) is 12.5. The number of amides is 1. The molecular formula is C11H21NO4S2. The van der Waals surface area contributed by atoms with Crippen molar-refractivity contribution in [2.24, 2.45) is 0 Å². The second-order valence-corrected chi connectivity index (χ2v) is 8.20. The number of sulfone groups is 1. The second kappa shape index (κ2) is 6.77. The third-order valence-corrected chi connectivity index (χ3v) is 5.94. The molecule has 0 bridgehead atoms. The third-order valence-electron chi connectivity index (χ3n) is 3.06. The summed E-state index contributed by atoms with van der Waals surface area (Å²) < 4.78 is 22.8. The summed E-state index contributed by atoms with van der Waals surface area (Å²) in [5.74, 6) is 0.533. The number of aliphatic hydroxyl groups excluding tert-OH is 1. The monoisotopic (exact) mass is 295 g/mol. The minimum atomic E-state index is -2.96. The minimum Gasteiger partial charge on any atom is -0.395 e. The van der Waals surface area contributed by atoms with Crippen LogP contribution in [0.2, 0.25) is 0 Å². The highest BCUT2D eigenvalue weighted by Crippen LogP contribution is 2.19. The van der Waals surface area contributed by atoms with Gasteiger partial charge < -0.3 is 10.0 Å². The lowest BCUT2D eigenvalue weighted by molar-refractivity contribution is -0.129. The van der Waals surface area contributed by atoms with Crippen molar-refractivity contribution in [1.29, 1.82) is 0 Å². The number of carbonyl (C=O) groups excluding carboxylic acids is 1. The summed E-state index contributed by atoms with van der Waals surface area (Å²) in [6, 6.07) is -0.169. The summed E-state index contributed by atoms with van der Waals surface area (Å²) in [6.45, 7) is 4.30. The van der Waals surface area contributed by atoms with Crippen molar-refractivity contribution >= 4 is 27.5 Å². The number of hydrogen-bond donors (Lipinski definition) is 1. The van der Waals surface area contributed by atoms with Gasteiger partial charge in [-0.3, -0.25) is 4.79 Å². The summed E-state index contributed by atoms with van der Waals surface area (Å²) in [5, 5.41) is 8.93. The fraction of sp³-hybridized carbons (Fsp3) is 0.909.